The third-order valence-corrected chi connectivity index (χ3v) is 5.24. The summed E-state index contributed by atoms with van der Waals surface area (Å²) in [6.07, 6.45) is 4.10. The molecule has 0 radical (unpaired) electrons. The lowest BCUT2D eigenvalue weighted by molar-refractivity contribution is 0.409. The molecule has 1 aliphatic heterocycles. The van der Waals surface area contributed by atoms with Gasteiger partial charge in [0.1, 0.15) is 0 Å². The van der Waals surface area contributed by atoms with Crippen molar-refractivity contribution in [1.82, 2.24) is 18.7 Å². The Morgan fingerprint density at radius 3 is 2.42 bits per heavy atom. The molecule has 142 valence electrons. The molecule has 1 aliphatic rings. The van der Waals surface area contributed by atoms with Gasteiger partial charge in [-0.25, -0.2) is 4.79 Å². The van der Waals surface area contributed by atoms with Crippen LogP contribution in [0.3, 0.4) is 0 Å². The quantitative estimate of drug-likeness (QED) is 0.805. The molecule has 8 heteroatoms. The highest BCUT2D eigenvalue weighted by Crippen LogP contribution is 2.25. The summed E-state index contributed by atoms with van der Waals surface area (Å²) in [5.74, 6) is 1.30. The number of aryl methyl sites for hydroxylation is 1. The van der Waals surface area contributed by atoms with Crippen LogP contribution in [0.4, 0.5) is 5.95 Å². The zero-order chi connectivity index (χ0) is 19.0. The number of imidazole rings is 1. The summed E-state index contributed by atoms with van der Waals surface area (Å²) < 4.78 is 4.53. The first-order valence-corrected chi connectivity index (χ1v) is 9.09. The first kappa shape index (κ1) is 18.4. The van der Waals surface area contributed by atoms with Crippen LogP contribution in [0.1, 0.15) is 26.7 Å². The Morgan fingerprint density at radius 2 is 1.85 bits per heavy atom. The maximum absolute atomic E-state index is 12.8. The molecule has 3 rings (SSSR count). The fourth-order valence-corrected chi connectivity index (χ4v) is 3.49. The smallest absolute Gasteiger partial charge is 0.332 e. The number of fused-ring (bicyclic) bond motifs is 1. The molecule has 0 aromatic carbocycles. The van der Waals surface area contributed by atoms with Gasteiger partial charge < -0.3 is 15.2 Å². The third kappa shape index (κ3) is 3.09. The van der Waals surface area contributed by atoms with Gasteiger partial charge in [0.05, 0.1) is 0 Å². The lowest BCUT2D eigenvalue weighted by Gasteiger charge is -2.32. The topological polar surface area (TPSA) is 91.1 Å². The minimum Gasteiger partial charge on any atom is -0.342 e. The number of piperidine rings is 1. The van der Waals surface area contributed by atoms with Crippen molar-refractivity contribution in [2.45, 2.75) is 33.2 Å². The molecule has 8 nitrogen and oxygen atoms in total. The molecular weight excluding hydrogens is 332 g/mol. The van der Waals surface area contributed by atoms with Crippen LogP contribution in [0.5, 0.6) is 0 Å². The van der Waals surface area contributed by atoms with Gasteiger partial charge in [0.25, 0.3) is 5.56 Å². The van der Waals surface area contributed by atoms with E-state index >= 15 is 0 Å². The first-order chi connectivity index (χ1) is 12.3. The van der Waals surface area contributed by atoms with E-state index in [2.05, 4.69) is 11.0 Å². The maximum Gasteiger partial charge on any atom is 0.332 e. The predicted octanol–water partition coefficient (Wildman–Crippen LogP) is 0.575. The molecule has 1 fully saturated rings. The Morgan fingerprint density at radius 1 is 1.19 bits per heavy atom. The predicted molar refractivity (Wildman–Crippen MR) is 104 cm³/mol. The maximum atomic E-state index is 12.8. The van der Waals surface area contributed by atoms with Crippen molar-refractivity contribution in [2.75, 3.05) is 24.5 Å². The standard InChI is InChI=1S/C18H28N6O2/c1-12(2)5-10-24-14-15(21(3)18(26)22(4)16(14)25)20-17(24)23-8-6-13(11-19)7-9-23/h5,13H,6-11,19H2,1-4H3. The van der Waals surface area contributed by atoms with Gasteiger partial charge in [0.15, 0.2) is 11.2 Å². The number of hydrogen-bond donors (Lipinski definition) is 1. The van der Waals surface area contributed by atoms with Gasteiger partial charge in [-0.05, 0) is 39.2 Å². The van der Waals surface area contributed by atoms with Gasteiger partial charge in [-0.15, -0.1) is 0 Å². The number of allylic oxidation sites excluding steroid dienone is 2. The molecule has 0 amide bonds. The lowest BCUT2D eigenvalue weighted by atomic mass is 9.97. The van der Waals surface area contributed by atoms with Crippen LogP contribution in [-0.2, 0) is 20.6 Å². The van der Waals surface area contributed by atoms with Crippen LogP contribution >= 0.6 is 0 Å². The van der Waals surface area contributed by atoms with E-state index in [1.807, 2.05) is 18.4 Å². The Bertz CT molecular complexity index is 953. The van der Waals surface area contributed by atoms with Crippen LogP contribution in [-0.4, -0.2) is 38.3 Å². The van der Waals surface area contributed by atoms with Gasteiger partial charge in [-0.1, -0.05) is 11.6 Å². The summed E-state index contributed by atoms with van der Waals surface area (Å²) in [5, 5.41) is 0. The molecule has 0 bridgehead atoms. The molecule has 26 heavy (non-hydrogen) atoms. The van der Waals surface area contributed by atoms with Crippen molar-refractivity contribution in [3.8, 4) is 0 Å². The second-order valence-electron chi connectivity index (χ2n) is 7.35. The molecule has 2 aromatic rings. The fraction of sp³-hybridized carbons (Fsp3) is 0.611. The van der Waals surface area contributed by atoms with Gasteiger partial charge in [-0.3, -0.25) is 13.9 Å². The van der Waals surface area contributed by atoms with Crippen LogP contribution in [0.15, 0.2) is 21.2 Å². The molecule has 0 atom stereocenters. The minimum absolute atomic E-state index is 0.305. The molecule has 3 heterocycles. The summed E-state index contributed by atoms with van der Waals surface area (Å²) in [6, 6.07) is 0. The molecule has 2 N–H and O–H groups in total. The summed E-state index contributed by atoms with van der Waals surface area (Å²) >= 11 is 0. The van der Waals surface area contributed by atoms with Crippen LogP contribution < -0.4 is 21.9 Å². The fourth-order valence-electron chi connectivity index (χ4n) is 3.49. The van der Waals surface area contributed by atoms with Gasteiger partial charge >= 0.3 is 5.69 Å². The highest BCUT2D eigenvalue weighted by Gasteiger charge is 2.25. The zero-order valence-electron chi connectivity index (χ0n) is 16.0. The number of nitrogens with two attached hydrogens (primary N) is 1. The van der Waals surface area contributed by atoms with Crippen molar-refractivity contribution in [1.29, 1.82) is 0 Å². The van der Waals surface area contributed by atoms with E-state index in [1.165, 1.54) is 17.2 Å². The van der Waals surface area contributed by atoms with Crippen molar-refractivity contribution < 1.29 is 0 Å². The second-order valence-corrected chi connectivity index (χ2v) is 7.35. The molecule has 2 aromatic heterocycles. The third-order valence-electron chi connectivity index (χ3n) is 5.24. The Hall–Kier alpha value is -2.35. The van der Waals surface area contributed by atoms with Crippen LogP contribution in [0, 0.1) is 5.92 Å². The summed E-state index contributed by atoms with van der Waals surface area (Å²) in [7, 11) is 3.17. The average molecular weight is 360 g/mol. The largest absolute Gasteiger partial charge is 0.342 e. The number of hydrogen-bond acceptors (Lipinski definition) is 5. The average Bonchev–Trinajstić information content (AvgIpc) is 3.02. The molecule has 1 saturated heterocycles. The molecule has 0 spiro atoms. The van der Waals surface area contributed by atoms with Crippen molar-refractivity contribution in [3.63, 3.8) is 0 Å². The van der Waals surface area contributed by atoms with Crippen LogP contribution in [0.25, 0.3) is 11.2 Å². The van der Waals surface area contributed by atoms with Crippen molar-refractivity contribution >= 4 is 17.1 Å². The number of aromatic nitrogens is 4. The summed E-state index contributed by atoms with van der Waals surface area (Å²) in [4.78, 5) is 32.0. The van der Waals surface area contributed by atoms with E-state index in [0.29, 0.717) is 30.2 Å². The Labute approximate surface area is 152 Å². The zero-order valence-corrected chi connectivity index (χ0v) is 16.0. The second kappa shape index (κ2) is 7.11. The Kier molecular flexibility index (Phi) is 5.04. The van der Waals surface area contributed by atoms with E-state index in [0.717, 1.165) is 36.4 Å². The van der Waals surface area contributed by atoms with Crippen molar-refractivity contribution in [2.24, 2.45) is 25.7 Å². The minimum atomic E-state index is -0.359. The molecule has 0 unspecified atom stereocenters. The normalized spacial score (nSPS) is 15.7. The van der Waals surface area contributed by atoms with Gasteiger partial charge in [0, 0.05) is 33.7 Å². The monoisotopic (exact) mass is 360 g/mol. The van der Waals surface area contributed by atoms with E-state index in [1.54, 1.807) is 7.05 Å². The van der Waals surface area contributed by atoms with Gasteiger partial charge in [0.2, 0.25) is 5.95 Å². The number of anilines is 1. The highest BCUT2D eigenvalue weighted by molar-refractivity contribution is 5.74. The molecule has 0 aliphatic carbocycles. The molecular formula is C18H28N6O2. The van der Waals surface area contributed by atoms with Crippen LogP contribution in [0.2, 0.25) is 0 Å². The number of nitrogens with zero attached hydrogens (tertiary/aromatic N) is 5. The van der Waals surface area contributed by atoms with E-state index in [9.17, 15) is 9.59 Å². The van der Waals surface area contributed by atoms with Crippen molar-refractivity contribution in [3.05, 3.63) is 32.5 Å². The summed E-state index contributed by atoms with van der Waals surface area (Å²) in [5.41, 5.74) is 7.22. The van der Waals surface area contributed by atoms with E-state index in [4.69, 9.17) is 10.7 Å². The van der Waals surface area contributed by atoms with E-state index < -0.39 is 0 Å². The summed E-state index contributed by atoms with van der Waals surface area (Å²) in [6.45, 7) is 7.02. The first-order valence-electron chi connectivity index (χ1n) is 9.09. The highest BCUT2D eigenvalue weighted by atomic mass is 16.2. The van der Waals surface area contributed by atoms with Gasteiger partial charge in [-0.2, -0.15) is 4.98 Å². The number of rotatable bonds is 4. The lowest BCUT2D eigenvalue weighted by Crippen LogP contribution is -2.38. The van der Waals surface area contributed by atoms with E-state index in [-0.39, 0.29) is 11.2 Å². The molecule has 0 saturated carbocycles. The SMILES string of the molecule is CC(C)=CCn1c(N2CCC(CN)CC2)nc2c1c(=O)n(C)c(=O)n2C. The Balaban J connectivity index is 2.19.